The van der Waals surface area contributed by atoms with Crippen LogP contribution in [0.1, 0.15) is 6.92 Å². The number of benzene rings is 2. The molecule has 1 amide bonds. The van der Waals surface area contributed by atoms with Gasteiger partial charge in [-0.1, -0.05) is 12.1 Å². The standard InChI is InChI=1S/C19H23NO7/c1-10(22)20-16-18(24)17(23)15(9-21)27-19(16)26-14-6-4-11-7-13(25-2)5-3-12(11)8-14/h3-8,15-19,21,23-24H,9H2,1-2H3,(H,20,22)/t15-,16-,17-,18-,19?/m1/s1. The van der Waals surface area contributed by atoms with E-state index in [1.54, 1.807) is 19.2 Å². The molecule has 4 N–H and O–H groups in total. The first-order valence-electron chi connectivity index (χ1n) is 8.57. The number of rotatable bonds is 5. The van der Waals surface area contributed by atoms with E-state index >= 15 is 0 Å². The lowest BCUT2D eigenvalue weighted by atomic mass is 9.97. The van der Waals surface area contributed by atoms with Gasteiger partial charge in [0.1, 0.15) is 35.9 Å². The predicted molar refractivity (Wildman–Crippen MR) is 96.5 cm³/mol. The number of nitrogens with one attached hydrogen (secondary N) is 1. The summed E-state index contributed by atoms with van der Waals surface area (Å²) >= 11 is 0. The Morgan fingerprint density at radius 3 is 2.33 bits per heavy atom. The molecule has 0 aliphatic carbocycles. The van der Waals surface area contributed by atoms with E-state index < -0.39 is 43.2 Å². The maximum absolute atomic E-state index is 11.5. The number of aliphatic hydroxyl groups excluding tert-OH is 3. The lowest BCUT2D eigenvalue weighted by molar-refractivity contribution is -0.244. The summed E-state index contributed by atoms with van der Waals surface area (Å²) in [7, 11) is 1.60. The average molecular weight is 377 g/mol. The quantitative estimate of drug-likeness (QED) is 0.587. The van der Waals surface area contributed by atoms with Crippen LogP contribution in [0.25, 0.3) is 10.8 Å². The second kappa shape index (κ2) is 8.10. The molecule has 2 aromatic rings. The Labute approximate surface area is 156 Å². The number of methoxy groups -OCH3 is 1. The summed E-state index contributed by atoms with van der Waals surface area (Å²) in [5.74, 6) is 0.783. The molecule has 1 aliphatic heterocycles. The van der Waals surface area contributed by atoms with Crippen molar-refractivity contribution < 1.29 is 34.3 Å². The van der Waals surface area contributed by atoms with Gasteiger partial charge < -0.3 is 34.8 Å². The summed E-state index contributed by atoms with van der Waals surface area (Å²) in [5, 5.41) is 34.1. The predicted octanol–water partition coefficient (Wildman–Crippen LogP) is 0.171. The Morgan fingerprint density at radius 2 is 1.74 bits per heavy atom. The van der Waals surface area contributed by atoms with E-state index in [1.165, 1.54) is 6.92 Å². The number of carbonyl (C=O) groups excluding carboxylic acids is 1. The summed E-state index contributed by atoms with van der Waals surface area (Å²) in [6.45, 7) is 0.792. The zero-order chi connectivity index (χ0) is 19.6. The molecule has 8 heteroatoms. The van der Waals surface area contributed by atoms with Crippen molar-refractivity contribution in [3.8, 4) is 11.5 Å². The molecule has 1 aliphatic rings. The molecule has 1 fully saturated rings. The van der Waals surface area contributed by atoms with Crippen molar-refractivity contribution in [1.29, 1.82) is 0 Å². The lowest BCUT2D eigenvalue weighted by Crippen LogP contribution is -2.65. The molecule has 0 aromatic heterocycles. The maximum atomic E-state index is 11.5. The van der Waals surface area contributed by atoms with Gasteiger partial charge in [-0.05, 0) is 35.0 Å². The number of hydrogen-bond donors (Lipinski definition) is 4. The molecular formula is C19H23NO7. The van der Waals surface area contributed by atoms with Gasteiger partial charge in [-0.3, -0.25) is 4.79 Å². The lowest BCUT2D eigenvalue weighted by Gasteiger charge is -2.42. The molecule has 146 valence electrons. The monoisotopic (exact) mass is 377 g/mol. The van der Waals surface area contributed by atoms with E-state index in [-0.39, 0.29) is 0 Å². The third-order valence-electron chi connectivity index (χ3n) is 4.52. The highest BCUT2D eigenvalue weighted by Crippen LogP contribution is 2.28. The van der Waals surface area contributed by atoms with Crippen LogP contribution < -0.4 is 14.8 Å². The molecular weight excluding hydrogens is 354 g/mol. The van der Waals surface area contributed by atoms with E-state index in [2.05, 4.69) is 5.32 Å². The van der Waals surface area contributed by atoms with Crippen molar-refractivity contribution in [2.45, 2.75) is 37.6 Å². The van der Waals surface area contributed by atoms with Crippen LogP contribution in [-0.2, 0) is 9.53 Å². The second-order valence-corrected chi connectivity index (χ2v) is 6.43. The molecule has 0 saturated carbocycles. The minimum Gasteiger partial charge on any atom is -0.497 e. The Bertz CT molecular complexity index is 812. The van der Waals surface area contributed by atoms with Gasteiger partial charge in [0.05, 0.1) is 13.7 Å². The van der Waals surface area contributed by atoms with Crippen LogP contribution in [-0.4, -0.2) is 65.6 Å². The average Bonchev–Trinajstić information content (AvgIpc) is 2.66. The Kier molecular flexibility index (Phi) is 5.81. The minimum absolute atomic E-state index is 0.406. The number of hydrogen-bond acceptors (Lipinski definition) is 7. The SMILES string of the molecule is COc1ccc2cc(OC3O[C@H](CO)[C@@H](O)[C@H](O)[C@H]3NC(C)=O)ccc2c1. The second-order valence-electron chi connectivity index (χ2n) is 6.43. The fraction of sp³-hybridized carbons (Fsp3) is 0.421. The van der Waals surface area contributed by atoms with Crippen molar-refractivity contribution >= 4 is 16.7 Å². The van der Waals surface area contributed by atoms with Crippen LogP contribution in [0.4, 0.5) is 0 Å². The van der Waals surface area contributed by atoms with Crippen molar-refractivity contribution in [1.82, 2.24) is 5.32 Å². The normalized spacial score (nSPS) is 28.0. The van der Waals surface area contributed by atoms with Gasteiger partial charge in [0.25, 0.3) is 0 Å². The molecule has 1 unspecified atom stereocenters. The molecule has 5 atom stereocenters. The van der Waals surface area contributed by atoms with E-state index in [9.17, 15) is 20.1 Å². The van der Waals surface area contributed by atoms with Gasteiger partial charge in [-0.15, -0.1) is 0 Å². The molecule has 0 spiro atoms. The third-order valence-corrected chi connectivity index (χ3v) is 4.52. The Balaban J connectivity index is 1.85. The van der Waals surface area contributed by atoms with Crippen molar-refractivity contribution in [2.75, 3.05) is 13.7 Å². The van der Waals surface area contributed by atoms with Crippen LogP contribution in [0.15, 0.2) is 36.4 Å². The molecule has 0 radical (unpaired) electrons. The van der Waals surface area contributed by atoms with E-state index in [0.717, 1.165) is 16.5 Å². The Morgan fingerprint density at radius 1 is 1.11 bits per heavy atom. The molecule has 1 saturated heterocycles. The number of carbonyl (C=O) groups is 1. The highest BCUT2D eigenvalue weighted by Gasteiger charge is 2.46. The number of fused-ring (bicyclic) bond motifs is 1. The van der Waals surface area contributed by atoms with Gasteiger partial charge in [-0.25, -0.2) is 0 Å². The van der Waals surface area contributed by atoms with Crippen LogP contribution >= 0.6 is 0 Å². The number of amides is 1. The topological polar surface area (TPSA) is 117 Å². The molecule has 0 bridgehead atoms. The third kappa shape index (κ3) is 4.14. The summed E-state index contributed by atoms with van der Waals surface area (Å²) in [6.07, 6.45) is -4.81. The minimum atomic E-state index is -1.35. The first kappa shape index (κ1) is 19.4. The largest absolute Gasteiger partial charge is 0.497 e. The Hall–Kier alpha value is -2.39. The summed E-state index contributed by atoms with van der Waals surface area (Å²) in [5.41, 5.74) is 0. The summed E-state index contributed by atoms with van der Waals surface area (Å²) in [6, 6.07) is 9.95. The molecule has 8 nitrogen and oxygen atoms in total. The van der Waals surface area contributed by atoms with Gasteiger partial charge in [0.2, 0.25) is 12.2 Å². The molecule has 3 rings (SSSR count). The van der Waals surface area contributed by atoms with Gasteiger partial charge >= 0.3 is 0 Å². The zero-order valence-corrected chi connectivity index (χ0v) is 15.0. The van der Waals surface area contributed by atoms with E-state index in [1.807, 2.05) is 24.3 Å². The van der Waals surface area contributed by atoms with Crippen LogP contribution in [0.2, 0.25) is 0 Å². The van der Waals surface area contributed by atoms with Gasteiger partial charge in [0.15, 0.2) is 0 Å². The number of ether oxygens (including phenoxy) is 3. The maximum Gasteiger partial charge on any atom is 0.223 e. The first-order valence-corrected chi connectivity index (χ1v) is 8.57. The van der Waals surface area contributed by atoms with Gasteiger partial charge in [0, 0.05) is 6.92 Å². The van der Waals surface area contributed by atoms with E-state index in [0.29, 0.717) is 5.75 Å². The molecule has 2 aromatic carbocycles. The molecule has 27 heavy (non-hydrogen) atoms. The molecule has 1 heterocycles. The fourth-order valence-electron chi connectivity index (χ4n) is 3.11. The summed E-state index contributed by atoms with van der Waals surface area (Å²) < 4.78 is 16.6. The fourth-order valence-corrected chi connectivity index (χ4v) is 3.11. The first-order chi connectivity index (χ1) is 12.9. The van der Waals surface area contributed by atoms with Crippen LogP contribution in [0.5, 0.6) is 11.5 Å². The zero-order valence-electron chi connectivity index (χ0n) is 15.0. The summed E-state index contributed by atoms with van der Waals surface area (Å²) in [4.78, 5) is 11.5. The van der Waals surface area contributed by atoms with Gasteiger partial charge in [-0.2, -0.15) is 0 Å². The van der Waals surface area contributed by atoms with Crippen LogP contribution in [0, 0.1) is 0 Å². The number of aliphatic hydroxyl groups is 3. The smallest absolute Gasteiger partial charge is 0.223 e. The van der Waals surface area contributed by atoms with Crippen molar-refractivity contribution in [3.05, 3.63) is 36.4 Å². The van der Waals surface area contributed by atoms with Crippen molar-refractivity contribution in [2.24, 2.45) is 0 Å². The van der Waals surface area contributed by atoms with Crippen molar-refractivity contribution in [3.63, 3.8) is 0 Å². The highest BCUT2D eigenvalue weighted by atomic mass is 16.7. The van der Waals surface area contributed by atoms with Crippen LogP contribution in [0.3, 0.4) is 0 Å². The van der Waals surface area contributed by atoms with E-state index in [4.69, 9.17) is 14.2 Å². The highest BCUT2D eigenvalue weighted by molar-refractivity contribution is 5.85.